The monoisotopic (exact) mass is 337 g/mol. The Morgan fingerprint density at radius 3 is 2.67 bits per heavy atom. The van der Waals surface area contributed by atoms with Crippen LogP contribution in [-0.4, -0.2) is 31.0 Å². The zero-order valence-corrected chi connectivity index (χ0v) is 13.5. The van der Waals surface area contributed by atoms with Crippen molar-refractivity contribution in [3.63, 3.8) is 0 Å². The maximum absolute atomic E-state index is 13.9. The van der Waals surface area contributed by atoms with Crippen LogP contribution < -0.4 is 0 Å². The number of imidazole rings is 2. The summed E-state index contributed by atoms with van der Waals surface area (Å²) in [6.07, 6.45) is 2.61. The van der Waals surface area contributed by atoms with E-state index in [9.17, 15) is 13.2 Å². The lowest BCUT2D eigenvalue weighted by molar-refractivity contribution is 0.0643. The Balaban J connectivity index is 1.84. The van der Waals surface area contributed by atoms with Crippen molar-refractivity contribution in [3.05, 3.63) is 48.1 Å². The van der Waals surface area contributed by atoms with E-state index in [4.69, 9.17) is 0 Å². The minimum absolute atomic E-state index is 0.243. The second kappa shape index (κ2) is 6.64. The predicted molar refractivity (Wildman–Crippen MR) is 84.0 cm³/mol. The molecule has 0 atom stereocenters. The van der Waals surface area contributed by atoms with Gasteiger partial charge in [0.05, 0.1) is 18.6 Å². The smallest absolute Gasteiger partial charge is 0.319 e. The standard InChI is InChI=1S/C16H18F3N5/c1-3-23-12-6-4-5-11(17)15(12)21-14(23)10-22(2)9-13-20-7-8-24(13)16(18)19/h4-8,16H,3,9-10H2,1-2H3. The van der Waals surface area contributed by atoms with Crippen molar-refractivity contribution in [1.82, 2.24) is 24.0 Å². The van der Waals surface area contributed by atoms with Crippen molar-refractivity contribution in [2.75, 3.05) is 7.05 Å². The molecule has 0 aliphatic carbocycles. The first-order valence-electron chi connectivity index (χ1n) is 7.63. The van der Waals surface area contributed by atoms with Gasteiger partial charge in [-0.25, -0.2) is 14.4 Å². The maximum Gasteiger partial charge on any atom is 0.319 e. The fourth-order valence-corrected chi connectivity index (χ4v) is 2.82. The van der Waals surface area contributed by atoms with Crippen molar-refractivity contribution in [2.24, 2.45) is 0 Å². The highest BCUT2D eigenvalue weighted by atomic mass is 19.3. The van der Waals surface area contributed by atoms with Crippen LogP contribution in [0.5, 0.6) is 0 Å². The molecule has 2 heterocycles. The first kappa shape index (κ1) is 16.5. The van der Waals surface area contributed by atoms with Crippen LogP contribution in [0.3, 0.4) is 0 Å². The van der Waals surface area contributed by atoms with E-state index in [0.717, 1.165) is 10.1 Å². The molecule has 3 aromatic rings. The van der Waals surface area contributed by atoms with Crippen molar-refractivity contribution in [3.8, 4) is 0 Å². The molecule has 0 radical (unpaired) electrons. The normalized spacial score (nSPS) is 12.0. The lowest BCUT2D eigenvalue weighted by atomic mass is 10.3. The highest BCUT2D eigenvalue weighted by Crippen LogP contribution is 2.21. The molecule has 128 valence electrons. The second-order valence-electron chi connectivity index (χ2n) is 5.58. The average Bonchev–Trinajstić information content (AvgIpc) is 3.12. The van der Waals surface area contributed by atoms with E-state index in [2.05, 4.69) is 9.97 Å². The molecular weight excluding hydrogens is 319 g/mol. The number of alkyl halides is 2. The van der Waals surface area contributed by atoms with Gasteiger partial charge in [-0.15, -0.1) is 0 Å². The molecule has 0 aliphatic heterocycles. The molecule has 0 unspecified atom stereocenters. The Morgan fingerprint density at radius 1 is 1.21 bits per heavy atom. The molecule has 2 aromatic heterocycles. The quantitative estimate of drug-likeness (QED) is 0.692. The number of fused-ring (bicyclic) bond motifs is 1. The van der Waals surface area contributed by atoms with E-state index in [0.29, 0.717) is 24.4 Å². The Morgan fingerprint density at radius 2 is 1.96 bits per heavy atom. The van der Waals surface area contributed by atoms with Gasteiger partial charge in [-0.2, -0.15) is 8.78 Å². The van der Waals surface area contributed by atoms with Gasteiger partial charge in [0, 0.05) is 18.9 Å². The first-order valence-corrected chi connectivity index (χ1v) is 7.63. The lowest BCUT2D eigenvalue weighted by Gasteiger charge is -2.17. The zero-order chi connectivity index (χ0) is 17.3. The number of rotatable bonds is 6. The summed E-state index contributed by atoms with van der Waals surface area (Å²) in [5, 5.41) is 0. The second-order valence-corrected chi connectivity index (χ2v) is 5.58. The fraction of sp³-hybridized carbons (Fsp3) is 0.375. The van der Waals surface area contributed by atoms with E-state index in [1.165, 1.54) is 18.5 Å². The third kappa shape index (κ3) is 3.01. The molecule has 8 heteroatoms. The highest BCUT2D eigenvalue weighted by Gasteiger charge is 2.17. The molecular formula is C16H18F3N5. The fourth-order valence-electron chi connectivity index (χ4n) is 2.82. The lowest BCUT2D eigenvalue weighted by Crippen LogP contribution is -2.22. The molecule has 0 fully saturated rings. The molecule has 24 heavy (non-hydrogen) atoms. The number of nitrogens with zero attached hydrogens (tertiary/aromatic N) is 5. The summed E-state index contributed by atoms with van der Waals surface area (Å²) in [7, 11) is 1.79. The van der Waals surface area contributed by atoms with Crippen molar-refractivity contribution < 1.29 is 13.2 Å². The maximum atomic E-state index is 13.9. The number of aryl methyl sites for hydroxylation is 1. The van der Waals surface area contributed by atoms with Crippen LogP contribution >= 0.6 is 0 Å². The van der Waals surface area contributed by atoms with E-state index < -0.39 is 6.55 Å². The molecule has 3 rings (SSSR count). The third-order valence-electron chi connectivity index (χ3n) is 3.91. The number of hydrogen-bond acceptors (Lipinski definition) is 3. The Kier molecular flexibility index (Phi) is 4.57. The summed E-state index contributed by atoms with van der Waals surface area (Å²) in [5.41, 5.74) is 1.06. The largest absolute Gasteiger partial charge is 0.327 e. The van der Waals surface area contributed by atoms with Crippen LogP contribution in [-0.2, 0) is 19.6 Å². The van der Waals surface area contributed by atoms with Gasteiger partial charge in [-0.05, 0) is 26.1 Å². The van der Waals surface area contributed by atoms with Crippen LogP contribution in [0.4, 0.5) is 13.2 Å². The molecule has 5 nitrogen and oxygen atoms in total. The van der Waals surface area contributed by atoms with Gasteiger partial charge in [0.1, 0.15) is 17.2 Å². The van der Waals surface area contributed by atoms with Crippen LogP contribution in [0.25, 0.3) is 11.0 Å². The zero-order valence-electron chi connectivity index (χ0n) is 13.5. The summed E-state index contributed by atoms with van der Waals surface area (Å²) in [6, 6.07) is 4.85. The third-order valence-corrected chi connectivity index (χ3v) is 3.91. The van der Waals surface area contributed by atoms with E-state index in [1.54, 1.807) is 13.1 Å². The van der Waals surface area contributed by atoms with Gasteiger partial charge in [0.25, 0.3) is 0 Å². The van der Waals surface area contributed by atoms with Gasteiger partial charge in [-0.3, -0.25) is 9.47 Å². The van der Waals surface area contributed by atoms with Crippen LogP contribution in [0, 0.1) is 5.82 Å². The van der Waals surface area contributed by atoms with Gasteiger partial charge in [-0.1, -0.05) is 6.07 Å². The highest BCUT2D eigenvalue weighted by molar-refractivity contribution is 5.76. The Bertz CT molecular complexity index is 839. The van der Waals surface area contributed by atoms with Crippen LogP contribution in [0.1, 0.15) is 25.1 Å². The van der Waals surface area contributed by atoms with Crippen molar-refractivity contribution >= 4 is 11.0 Å². The SMILES string of the molecule is CCn1c(CN(C)Cc2nccn2C(F)F)nc2c(F)cccc21. The number of para-hydroxylation sites is 1. The van der Waals surface area contributed by atoms with Gasteiger partial charge < -0.3 is 4.57 Å². The molecule has 0 bridgehead atoms. The number of benzene rings is 1. The van der Waals surface area contributed by atoms with E-state index in [-0.39, 0.29) is 18.2 Å². The summed E-state index contributed by atoms with van der Waals surface area (Å²) in [4.78, 5) is 10.2. The first-order chi connectivity index (χ1) is 11.5. The van der Waals surface area contributed by atoms with Crippen molar-refractivity contribution in [2.45, 2.75) is 33.1 Å². The van der Waals surface area contributed by atoms with Crippen molar-refractivity contribution in [1.29, 1.82) is 0 Å². The van der Waals surface area contributed by atoms with E-state index >= 15 is 0 Å². The van der Waals surface area contributed by atoms with Crippen LogP contribution in [0.2, 0.25) is 0 Å². The van der Waals surface area contributed by atoms with Gasteiger partial charge >= 0.3 is 6.55 Å². The number of halogens is 3. The number of aromatic nitrogens is 4. The summed E-state index contributed by atoms with van der Waals surface area (Å²) >= 11 is 0. The minimum atomic E-state index is -2.62. The molecule has 0 N–H and O–H groups in total. The average molecular weight is 337 g/mol. The summed E-state index contributed by atoms with van der Waals surface area (Å²) in [6.45, 7) is 0.628. The molecule has 0 spiro atoms. The number of hydrogen-bond donors (Lipinski definition) is 0. The van der Waals surface area contributed by atoms with Gasteiger partial charge in [0.15, 0.2) is 5.82 Å². The molecule has 0 saturated carbocycles. The molecule has 0 aliphatic rings. The topological polar surface area (TPSA) is 38.9 Å². The summed E-state index contributed by atoms with van der Waals surface area (Å²) in [5.74, 6) is 0.602. The van der Waals surface area contributed by atoms with Crippen LogP contribution in [0.15, 0.2) is 30.6 Å². The summed E-state index contributed by atoms with van der Waals surface area (Å²) < 4.78 is 42.4. The van der Waals surface area contributed by atoms with E-state index in [1.807, 2.05) is 22.5 Å². The molecule has 0 saturated heterocycles. The molecule has 0 amide bonds. The Hall–Kier alpha value is -2.35. The predicted octanol–water partition coefficient (Wildman–Crippen LogP) is 3.42. The van der Waals surface area contributed by atoms with Gasteiger partial charge in [0.2, 0.25) is 0 Å². The Labute approximate surface area is 137 Å². The minimum Gasteiger partial charge on any atom is -0.327 e. The molecule has 1 aromatic carbocycles.